The first kappa shape index (κ1) is 16.5. The lowest BCUT2D eigenvalue weighted by molar-refractivity contribution is 0.0928. The fourth-order valence-corrected chi connectivity index (χ4v) is 3.08. The zero-order valence-corrected chi connectivity index (χ0v) is 13.7. The molecule has 1 saturated carbocycles. The van der Waals surface area contributed by atoms with Gasteiger partial charge in [0, 0.05) is 37.4 Å². The number of carbonyl (C=O) groups excluding carboxylic acids is 1. The Labute approximate surface area is 141 Å². The first-order chi connectivity index (χ1) is 11.6. The molecule has 3 N–H and O–H groups in total. The highest BCUT2D eigenvalue weighted by atomic mass is 16.4. The number of nitrogens with one attached hydrogen (secondary N) is 2. The van der Waals surface area contributed by atoms with E-state index in [0.29, 0.717) is 37.2 Å². The number of hydrogen-bond donors (Lipinski definition) is 3. The molecule has 1 aliphatic carbocycles. The van der Waals surface area contributed by atoms with Gasteiger partial charge in [0.05, 0.1) is 0 Å². The van der Waals surface area contributed by atoms with Gasteiger partial charge in [-0.3, -0.25) is 4.79 Å². The Morgan fingerprint density at radius 2 is 2.00 bits per heavy atom. The van der Waals surface area contributed by atoms with E-state index in [9.17, 15) is 9.59 Å². The van der Waals surface area contributed by atoms with Crippen molar-refractivity contribution in [2.45, 2.75) is 38.1 Å². The van der Waals surface area contributed by atoms with Crippen LogP contribution in [-0.4, -0.2) is 52.7 Å². The average molecular weight is 332 g/mol. The number of pyridine rings is 1. The minimum absolute atomic E-state index is 0.102. The zero-order valence-electron chi connectivity index (χ0n) is 13.7. The number of hydrogen-bond acceptors (Lipinski definition) is 4. The second-order valence-electron chi connectivity index (χ2n) is 6.62. The van der Waals surface area contributed by atoms with Crippen LogP contribution >= 0.6 is 0 Å². The van der Waals surface area contributed by atoms with Crippen molar-refractivity contribution in [3.05, 3.63) is 23.9 Å². The predicted molar refractivity (Wildman–Crippen MR) is 90.2 cm³/mol. The molecule has 24 heavy (non-hydrogen) atoms. The summed E-state index contributed by atoms with van der Waals surface area (Å²) in [6, 6.07) is 3.99. The maximum absolute atomic E-state index is 12.3. The molecular weight excluding hydrogens is 308 g/mol. The maximum atomic E-state index is 12.3. The van der Waals surface area contributed by atoms with Gasteiger partial charge >= 0.3 is 6.09 Å². The molecule has 7 heteroatoms. The lowest BCUT2D eigenvalue weighted by atomic mass is 9.93. The smallest absolute Gasteiger partial charge is 0.407 e. The molecule has 2 amide bonds. The SMILES string of the molecule is O=C(NCC1CCN(C(=O)O)CC1)c1ccnc(NC2CCC2)c1. The molecular formula is C17H24N4O3. The molecule has 1 aromatic heterocycles. The van der Waals surface area contributed by atoms with Crippen LogP contribution in [-0.2, 0) is 0 Å². The Morgan fingerprint density at radius 1 is 1.25 bits per heavy atom. The fourth-order valence-electron chi connectivity index (χ4n) is 3.08. The van der Waals surface area contributed by atoms with Crippen LogP contribution in [0.1, 0.15) is 42.5 Å². The summed E-state index contributed by atoms with van der Waals surface area (Å²) in [6.07, 6.45) is 5.94. The molecule has 2 heterocycles. The standard InChI is InChI=1S/C17H24N4O3/c22-16(19-11-12-5-8-21(9-6-12)17(23)24)13-4-7-18-15(10-13)20-14-2-1-3-14/h4,7,10,12,14H,1-3,5-6,8-9,11H2,(H,18,20)(H,19,22)(H,23,24). The summed E-state index contributed by atoms with van der Waals surface area (Å²) in [5.74, 6) is 0.982. The highest BCUT2D eigenvalue weighted by Gasteiger charge is 2.23. The van der Waals surface area contributed by atoms with Gasteiger partial charge in [-0.1, -0.05) is 0 Å². The van der Waals surface area contributed by atoms with Gasteiger partial charge in [0.2, 0.25) is 0 Å². The number of carbonyl (C=O) groups is 2. The van der Waals surface area contributed by atoms with Crippen molar-refractivity contribution in [1.82, 2.24) is 15.2 Å². The molecule has 1 aliphatic heterocycles. The van der Waals surface area contributed by atoms with Gasteiger partial charge in [-0.15, -0.1) is 0 Å². The summed E-state index contributed by atoms with van der Waals surface area (Å²) in [6.45, 7) is 1.67. The van der Waals surface area contributed by atoms with Crippen LogP contribution in [0.15, 0.2) is 18.3 Å². The number of nitrogens with zero attached hydrogens (tertiary/aromatic N) is 2. The van der Waals surface area contributed by atoms with Crippen LogP contribution in [0.5, 0.6) is 0 Å². The molecule has 2 aliphatic rings. The highest BCUT2D eigenvalue weighted by Crippen LogP contribution is 2.22. The monoisotopic (exact) mass is 332 g/mol. The second kappa shape index (κ2) is 7.51. The summed E-state index contributed by atoms with van der Waals surface area (Å²) in [5, 5.41) is 15.2. The van der Waals surface area contributed by atoms with E-state index in [1.165, 1.54) is 11.3 Å². The Balaban J connectivity index is 1.46. The van der Waals surface area contributed by atoms with Gasteiger partial charge in [0.15, 0.2) is 0 Å². The molecule has 0 bridgehead atoms. The van der Waals surface area contributed by atoms with Crippen LogP contribution < -0.4 is 10.6 Å². The van der Waals surface area contributed by atoms with Crippen molar-refractivity contribution in [2.24, 2.45) is 5.92 Å². The van der Waals surface area contributed by atoms with E-state index < -0.39 is 6.09 Å². The van der Waals surface area contributed by atoms with Crippen molar-refractivity contribution < 1.29 is 14.7 Å². The largest absolute Gasteiger partial charge is 0.465 e. The Kier molecular flexibility index (Phi) is 5.17. The second-order valence-corrected chi connectivity index (χ2v) is 6.62. The van der Waals surface area contributed by atoms with Gasteiger partial charge < -0.3 is 20.6 Å². The molecule has 0 aromatic carbocycles. The predicted octanol–water partition coefficient (Wildman–Crippen LogP) is 2.17. The molecule has 0 spiro atoms. The van der Waals surface area contributed by atoms with E-state index in [2.05, 4.69) is 15.6 Å². The van der Waals surface area contributed by atoms with Crippen LogP contribution in [0, 0.1) is 5.92 Å². The Morgan fingerprint density at radius 3 is 2.62 bits per heavy atom. The number of amides is 2. The average Bonchev–Trinajstić information content (AvgIpc) is 2.56. The van der Waals surface area contributed by atoms with Crippen LogP contribution in [0.3, 0.4) is 0 Å². The molecule has 1 saturated heterocycles. The quantitative estimate of drug-likeness (QED) is 0.768. The van der Waals surface area contributed by atoms with Gasteiger partial charge in [-0.25, -0.2) is 9.78 Å². The van der Waals surface area contributed by atoms with Crippen LogP contribution in [0.4, 0.5) is 10.6 Å². The molecule has 2 fully saturated rings. The van der Waals surface area contributed by atoms with E-state index in [1.54, 1.807) is 18.3 Å². The van der Waals surface area contributed by atoms with E-state index >= 15 is 0 Å². The number of aromatic nitrogens is 1. The van der Waals surface area contributed by atoms with Gasteiger partial charge in [0.25, 0.3) is 5.91 Å². The number of carboxylic acid groups (broad SMARTS) is 1. The molecule has 1 aromatic rings. The van der Waals surface area contributed by atoms with Crippen molar-refractivity contribution in [3.63, 3.8) is 0 Å². The summed E-state index contributed by atoms with van der Waals surface area (Å²) in [7, 11) is 0. The Hall–Kier alpha value is -2.31. The number of anilines is 1. The fraction of sp³-hybridized carbons (Fsp3) is 0.588. The van der Waals surface area contributed by atoms with Crippen molar-refractivity contribution >= 4 is 17.8 Å². The number of piperidine rings is 1. The van der Waals surface area contributed by atoms with Crippen LogP contribution in [0.2, 0.25) is 0 Å². The van der Waals surface area contributed by atoms with Crippen molar-refractivity contribution in [2.75, 3.05) is 25.0 Å². The lowest BCUT2D eigenvalue weighted by Gasteiger charge is -2.30. The number of likely N-dealkylation sites (tertiary alicyclic amines) is 1. The van der Waals surface area contributed by atoms with Gasteiger partial charge in [-0.05, 0) is 50.2 Å². The van der Waals surface area contributed by atoms with Crippen molar-refractivity contribution in [3.8, 4) is 0 Å². The molecule has 0 atom stereocenters. The minimum atomic E-state index is -0.860. The van der Waals surface area contributed by atoms with E-state index in [-0.39, 0.29) is 5.91 Å². The third kappa shape index (κ3) is 4.15. The summed E-state index contributed by atoms with van der Waals surface area (Å²) < 4.78 is 0. The van der Waals surface area contributed by atoms with E-state index in [0.717, 1.165) is 31.5 Å². The normalized spacial score (nSPS) is 18.8. The highest BCUT2D eigenvalue weighted by molar-refractivity contribution is 5.94. The third-order valence-corrected chi connectivity index (χ3v) is 4.92. The molecule has 0 unspecified atom stereocenters. The molecule has 7 nitrogen and oxygen atoms in total. The third-order valence-electron chi connectivity index (χ3n) is 4.92. The minimum Gasteiger partial charge on any atom is -0.465 e. The van der Waals surface area contributed by atoms with Gasteiger partial charge in [-0.2, -0.15) is 0 Å². The van der Waals surface area contributed by atoms with Crippen molar-refractivity contribution in [1.29, 1.82) is 0 Å². The summed E-state index contributed by atoms with van der Waals surface area (Å²) in [4.78, 5) is 28.9. The number of rotatable bonds is 5. The van der Waals surface area contributed by atoms with E-state index in [1.807, 2.05) is 0 Å². The lowest BCUT2D eigenvalue weighted by Crippen LogP contribution is -2.40. The first-order valence-corrected chi connectivity index (χ1v) is 8.60. The first-order valence-electron chi connectivity index (χ1n) is 8.60. The van der Waals surface area contributed by atoms with Gasteiger partial charge in [0.1, 0.15) is 5.82 Å². The maximum Gasteiger partial charge on any atom is 0.407 e. The van der Waals surface area contributed by atoms with E-state index in [4.69, 9.17) is 5.11 Å². The molecule has 130 valence electrons. The topological polar surface area (TPSA) is 94.6 Å². The Bertz CT molecular complexity index is 595. The zero-order chi connectivity index (χ0) is 16.9. The molecule has 0 radical (unpaired) electrons. The molecule has 3 rings (SSSR count). The van der Waals surface area contributed by atoms with Crippen LogP contribution in [0.25, 0.3) is 0 Å². The summed E-state index contributed by atoms with van der Waals surface area (Å²) >= 11 is 0. The summed E-state index contributed by atoms with van der Waals surface area (Å²) in [5.41, 5.74) is 0.606.